The zero-order valence-corrected chi connectivity index (χ0v) is 22.5. The number of nitrogens with one attached hydrogen (secondary N) is 2. The van der Waals surface area contributed by atoms with Gasteiger partial charge < -0.3 is 25.7 Å². The number of primary amides is 1. The minimum atomic E-state index is -2.53. The van der Waals surface area contributed by atoms with E-state index in [1.807, 2.05) is 55.5 Å². The second-order valence-corrected chi connectivity index (χ2v) is 12.4. The van der Waals surface area contributed by atoms with Gasteiger partial charge in [0.15, 0.2) is 5.82 Å². The van der Waals surface area contributed by atoms with E-state index in [1.54, 1.807) is 32.6 Å². The van der Waals surface area contributed by atoms with Gasteiger partial charge in [0.2, 0.25) is 11.9 Å². The van der Waals surface area contributed by atoms with Gasteiger partial charge in [-0.2, -0.15) is 4.98 Å². The number of nitrogens with zero attached hydrogens (tertiary/aromatic N) is 2. The van der Waals surface area contributed by atoms with Crippen molar-refractivity contribution in [3.05, 3.63) is 83.0 Å². The van der Waals surface area contributed by atoms with Crippen LogP contribution in [0.4, 0.5) is 23.1 Å². The lowest BCUT2D eigenvalue weighted by atomic mass is 9.98. The Hall–Kier alpha value is -3.87. The van der Waals surface area contributed by atoms with Crippen molar-refractivity contribution in [2.75, 3.05) is 31.1 Å². The van der Waals surface area contributed by atoms with Crippen LogP contribution in [-0.2, 0) is 4.57 Å². The number of carbonyl (C=O) groups is 1. The highest BCUT2D eigenvalue weighted by molar-refractivity contribution is 7.70. The van der Waals surface area contributed by atoms with Crippen molar-refractivity contribution < 1.29 is 14.1 Å². The quantitative estimate of drug-likeness (QED) is 0.238. The van der Waals surface area contributed by atoms with Gasteiger partial charge in [0.1, 0.15) is 17.9 Å². The van der Waals surface area contributed by atoms with Gasteiger partial charge in [-0.05, 0) is 73.3 Å². The van der Waals surface area contributed by atoms with E-state index >= 15 is 0 Å². The molecular formula is C27H27ClN5O3P. The molecule has 0 atom stereocenters. The van der Waals surface area contributed by atoms with Crippen LogP contribution in [0.5, 0.6) is 5.75 Å². The largest absolute Gasteiger partial charge is 0.495 e. The summed E-state index contributed by atoms with van der Waals surface area (Å²) in [4.78, 5) is 20.3. The number of hydrogen-bond acceptors (Lipinski definition) is 7. The first-order valence-corrected chi connectivity index (χ1v) is 14.3. The smallest absolute Gasteiger partial charge is 0.248 e. The van der Waals surface area contributed by atoms with Gasteiger partial charge in [-0.15, -0.1) is 0 Å². The van der Waals surface area contributed by atoms with Gasteiger partial charge in [0, 0.05) is 10.9 Å². The Bertz CT molecular complexity index is 1520. The van der Waals surface area contributed by atoms with Crippen molar-refractivity contribution in [1.82, 2.24) is 9.97 Å². The SMILES string of the molecule is COc1cc(-c2ccc(C(N)=O)cc2)c(C)cc1Nc1ncc(Cl)c(Nc2ccccc2P(C)(C)=O)n1. The third-order valence-corrected chi connectivity index (χ3v) is 7.58. The topological polar surface area (TPSA) is 119 Å². The van der Waals surface area contributed by atoms with Crippen LogP contribution in [-0.4, -0.2) is 36.3 Å². The summed E-state index contributed by atoms with van der Waals surface area (Å²) in [5.74, 6) is 0.786. The maximum Gasteiger partial charge on any atom is 0.248 e. The standard InChI is InChI=1S/C27H27ClN5O3P/c1-16-13-22(23(36-2)14-19(16)17-9-11-18(12-10-17)25(29)34)32-27-30-15-20(28)26(33-27)31-21-7-5-6-8-24(21)37(3,4)35/h5-15H,1-4H3,(H2,29,34)(H2,30,31,32,33). The van der Waals surface area contributed by atoms with Crippen LogP contribution in [0, 0.1) is 6.92 Å². The van der Waals surface area contributed by atoms with Crippen LogP contribution in [0.2, 0.25) is 5.02 Å². The van der Waals surface area contributed by atoms with E-state index < -0.39 is 13.0 Å². The number of anilines is 4. The summed E-state index contributed by atoms with van der Waals surface area (Å²) in [6.45, 7) is 5.40. The Labute approximate surface area is 220 Å². The van der Waals surface area contributed by atoms with Crippen LogP contribution in [0.1, 0.15) is 15.9 Å². The Balaban J connectivity index is 1.64. The van der Waals surface area contributed by atoms with E-state index in [0.717, 1.165) is 16.7 Å². The number of methoxy groups -OCH3 is 1. The molecule has 4 aromatic rings. The molecule has 0 radical (unpaired) electrons. The van der Waals surface area contributed by atoms with E-state index in [4.69, 9.17) is 22.1 Å². The predicted octanol–water partition coefficient (Wildman–Crippen LogP) is 5.95. The molecule has 1 heterocycles. The first kappa shape index (κ1) is 26.2. The molecule has 3 aromatic carbocycles. The Morgan fingerprint density at radius 1 is 1.03 bits per heavy atom. The molecule has 10 heteroatoms. The number of rotatable bonds is 8. The van der Waals surface area contributed by atoms with Crippen LogP contribution in [0.25, 0.3) is 11.1 Å². The number of ether oxygens (including phenoxy) is 1. The number of aryl methyl sites for hydroxylation is 1. The summed E-state index contributed by atoms with van der Waals surface area (Å²) in [6.07, 6.45) is 1.49. The van der Waals surface area contributed by atoms with Crippen molar-refractivity contribution in [3.63, 3.8) is 0 Å². The highest BCUT2D eigenvalue weighted by Gasteiger charge is 2.18. The fourth-order valence-corrected chi connectivity index (χ4v) is 5.19. The lowest BCUT2D eigenvalue weighted by Gasteiger charge is -2.17. The molecule has 190 valence electrons. The van der Waals surface area contributed by atoms with E-state index in [1.165, 1.54) is 6.20 Å². The van der Waals surface area contributed by atoms with Crippen molar-refractivity contribution in [1.29, 1.82) is 0 Å². The molecule has 0 spiro atoms. The van der Waals surface area contributed by atoms with Crippen molar-refractivity contribution in [3.8, 4) is 16.9 Å². The molecule has 8 nitrogen and oxygen atoms in total. The lowest BCUT2D eigenvalue weighted by molar-refractivity contribution is 0.100. The third-order valence-electron chi connectivity index (χ3n) is 5.75. The minimum absolute atomic E-state index is 0.303. The second kappa shape index (κ2) is 10.6. The summed E-state index contributed by atoms with van der Waals surface area (Å²) < 4.78 is 18.4. The van der Waals surface area contributed by atoms with Crippen LogP contribution in [0.15, 0.2) is 66.9 Å². The van der Waals surface area contributed by atoms with Gasteiger partial charge in [-0.25, -0.2) is 4.98 Å². The number of benzene rings is 3. The molecule has 0 fully saturated rings. The molecule has 4 N–H and O–H groups in total. The Morgan fingerprint density at radius 2 is 1.73 bits per heavy atom. The number of nitrogens with two attached hydrogens (primary N) is 1. The second-order valence-electron chi connectivity index (χ2n) is 8.82. The van der Waals surface area contributed by atoms with Gasteiger partial charge in [-0.1, -0.05) is 35.9 Å². The average Bonchev–Trinajstić information content (AvgIpc) is 2.86. The van der Waals surface area contributed by atoms with Crippen molar-refractivity contribution >= 4 is 53.1 Å². The van der Waals surface area contributed by atoms with E-state index in [2.05, 4.69) is 20.6 Å². The van der Waals surface area contributed by atoms with E-state index in [-0.39, 0.29) is 0 Å². The van der Waals surface area contributed by atoms with Gasteiger partial charge >= 0.3 is 0 Å². The zero-order valence-electron chi connectivity index (χ0n) is 20.9. The number of amides is 1. The van der Waals surface area contributed by atoms with Crippen LogP contribution in [0.3, 0.4) is 0 Å². The molecule has 4 rings (SSSR count). The highest BCUT2D eigenvalue weighted by Crippen LogP contribution is 2.39. The van der Waals surface area contributed by atoms with Gasteiger partial charge in [-0.3, -0.25) is 4.79 Å². The van der Waals surface area contributed by atoms with Crippen molar-refractivity contribution in [2.24, 2.45) is 5.73 Å². The number of halogens is 1. The fourth-order valence-electron chi connectivity index (χ4n) is 3.89. The number of aromatic nitrogens is 2. The van der Waals surface area contributed by atoms with Gasteiger partial charge in [0.25, 0.3) is 0 Å². The first-order chi connectivity index (χ1) is 17.6. The van der Waals surface area contributed by atoms with Gasteiger partial charge in [0.05, 0.1) is 24.7 Å². The molecule has 1 amide bonds. The molecule has 0 aliphatic heterocycles. The molecule has 0 unspecified atom stereocenters. The molecule has 1 aromatic heterocycles. The summed E-state index contributed by atoms with van der Waals surface area (Å²) in [7, 11) is -0.953. The van der Waals surface area contributed by atoms with E-state index in [9.17, 15) is 9.36 Å². The fraction of sp³-hybridized carbons (Fsp3) is 0.148. The summed E-state index contributed by atoms with van der Waals surface area (Å²) >= 11 is 6.38. The maximum absolute atomic E-state index is 12.7. The molecule has 0 saturated carbocycles. The number of carbonyl (C=O) groups excluding carboxylic acids is 1. The molecule has 0 bridgehead atoms. The highest BCUT2D eigenvalue weighted by atomic mass is 35.5. The summed E-state index contributed by atoms with van der Waals surface area (Å²) in [6, 6.07) is 18.3. The number of hydrogen-bond donors (Lipinski definition) is 3. The monoisotopic (exact) mass is 535 g/mol. The van der Waals surface area contributed by atoms with Crippen molar-refractivity contribution in [2.45, 2.75) is 6.92 Å². The molecule has 0 saturated heterocycles. The van der Waals surface area contributed by atoms with E-state index in [0.29, 0.717) is 44.8 Å². The first-order valence-electron chi connectivity index (χ1n) is 11.4. The lowest BCUT2D eigenvalue weighted by Crippen LogP contribution is -2.11. The molecule has 0 aliphatic carbocycles. The number of para-hydroxylation sites is 1. The maximum atomic E-state index is 12.7. The average molecular weight is 536 g/mol. The molecule has 0 aliphatic rings. The Kier molecular flexibility index (Phi) is 7.52. The van der Waals surface area contributed by atoms with Crippen LogP contribution < -0.4 is 26.4 Å². The third kappa shape index (κ3) is 5.93. The molecular weight excluding hydrogens is 509 g/mol. The summed E-state index contributed by atoms with van der Waals surface area (Å²) in [5, 5.41) is 7.42. The molecule has 37 heavy (non-hydrogen) atoms. The minimum Gasteiger partial charge on any atom is -0.495 e. The zero-order chi connectivity index (χ0) is 26.7. The normalized spacial score (nSPS) is 11.2. The van der Waals surface area contributed by atoms with Crippen LogP contribution >= 0.6 is 18.7 Å². The summed E-state index contributed by atoms with van der Waals surface area (Å²) in [5.41, 5.74) is 9.97. The Morgan fingerprint density at radius 3 is 2.38 bits per heavy atom. The predicted molar refractivity (Wildman–Crippen MR) is 151 cm³/mol.